The average Bonchev–Trinajstić information content (AvgIpc) is 3.25. The highest BCUT2D eigenvalue weighted by atomic mass is 32.1. The molecule has 1 saturated heterocycles. The summed E-state index contributed by atoms with van der Waals surface area (Å²) in [5, 5.41) is 0.803. The van der Waals surface area contributed by atoms with Crippen LogP contribution in [0, 0.1) is 0 Å². The van der Waals surface area contributed by atoms with Crippen molar-refractivity contribution in [2.24, 2.45) is 0 Å². The molecule has 0 spiro atoms. The number of halogens is 2. The molecule has 0 aliphatic carbocycles. The van der Waals surface area contributed by atoms with Gasteiger partial charge in [0.05, 0.1) is 5.39 Å². The van der Waals surface area contributed by atoms with E-state index in [2.05, 4.69) is 28.7 Å². The fourth-order valence-electron chi connectivity index (χ4n) is 3.74. The number of nitrogens with zero attached hydrogens (tertiary/aromatic N) is 3. The number of alkyl halides is 2. The number of piperidine rings is 1. The van der Waals surface area contributed by atoms with E-state index >= 15 is 0 Å². The average molecular weight is 392 g/mol. The van der Waals surface area contributed by atoms with Crippen LogP contribution in [0.3, 0.4) is 0 Å². The summed E-state index contributed by atoms with van der Waals surface area (Å²) in [5.74, 6) is 0.381. The van der Waals surface area contributed by atoms with Crippen LogP contribution < -0.4 is 5.73 Å². The molecule has 2 N–H and O–H groups in total. The van der Waals surface area contributed by atoms with Gasteiger partial charge in [0.15, 0.2) is 17.3 Å². The second kappa shape index (κ2) is 7.16. The molecule has 0 saturated carbocycles. The molecule has 0 bridgehead atoms. The molecule has 1 aliphatic rings. The summed E-state index contributed by atoms with van der Waals surface area (Å²) < 4.78 is 30.7. The van der Waals surface area contributed by atoms with Gasteiger partial charge >= 0.3 is 0 Å². The van der Waals surface area contributed by atoms with Crippen LogP contribution in [0.1, 0.15) is 50.2 Å². The number of aromatic nitrogens is 2. The summed E-state index contributed by atoms with van der Waals surface area (Å²) >= 11 is 1.57. The van der Waals surface area contributed by atoms with Crippen LogP contribution in [0.2, 0.25) is 0 Å². The van der Waals surface area contributed by atoms with Crippen LogP contribution in [-0.2, 0) is 6.54 Å². The lowest BCUT2D eigenvalue weighted by atomic mass is 9.97. The van der Waals surface area contributed by atoms with Crippen molar-refractivity contribution >= 4 is 27.4 Å². The Morgan fingerprint density at radius 2 is 2.00 bits per heavy atom. The number of likely N-dealkylation sites (tertiary alicyclic amines) is 1. The van der Waals surface area contributed by atoms with E-state index in [4.69, 9.17) is 10.2 Å². The number of rotatable bonds is 4. The van der Waals surface area contributed by atoms with Gasteiger partial charge in [-0.05, 0) is 44.9 Å². The molecule has 4 heterocycles. The number of hydrogen-bond donors (Lipinski definition) is 1. The fraction of sp³-hybridized carbons (Fsp3) is 0.474. The zero-order valence-electron chi connectivity index (χ0n) is 15.3. The minimum absolute atomic E-state index is 0.201. The zero-order valence-corrected chi connectivity index (χ0v) is 16.1. The van der Waals surface area contributed by atoms with Crippen molar-refractivity contribution in [2.75, 3.05) is 5.73 Å². The van der Waals surface area contributed by atoms with E-state index in [1.165, 1.54) is 36.3 Å². The number of anilines is 1. The lowest BCUT2D eigenvalue weighted by Gasteiger charge is -2.38. The summed E-state index contributed by atoms with van der Waals surface area (Å²) in [6, 6.07) is 5.83. The smallest absolute Gasteiger partial charge is 0.295 e. The monoisotopic (exact) mass is 392 g/mol. The fourth-order valence-corrected chi connectivity index (χ4v) is 4.78. The standard InChI is InChI=1S/C19H22F2N4OS/c1-10-4-3-5-11(2)25(10)9-12-8-13-17(22)23-18(24-19(13)27-12)15-7-6-14(26-15)16(20)21/h6-8,10-11,16H,3-5,9H2,1-2H3,(H2,22,23,24)/t10-,11+. The van der Waals surface area contributed by atoms with E-state index < -0.39 is 12.2 Å². The normalized spacial score (nSPS) is 21.4. The van der Waals surface area contributed by atoms with Crippen LogP contribution in [0.4, 0.5) is 14.6 Å². The highest BCUT2D eigenvalue weighted by Gasteiger charge is 2.25. The second-order valence-electron chi connectivity index (χ2n) is 7.17. The van der Waals surface area contributed by atoms with Gasteiger partial charge in [-0.25, -0.2) is 18.7 Å². The number of hydrogen-bond acceptors (Lipinski definition) is 6. The Kier molecular flexibility index (Phi) is 4.86. The topological polar surface area (TPSA) is 68.2 Å². The minimum Gasteiger partial charge on any atom is -0.452 e. The molecular formula is C19H22F2N4OS. The molecule has 144 valence electrons. The van der Waals surface area contributed by atoms with E-state index in [0.717, 1.165) is 16.8 Å². The van der Waals surface area contributed by atoms with Crippen molar-refractivity contribution < 1.29 is 13.2 Å². The molecule has 1 aliphatic heterocycles. The number of furan rings is 1. The maximum absolute atomic E-state index is 12.8. The predicted molar refractivity (Wildman–Crippen MR) is 103 cm³/mol. The molecule has 0 amide bonds. The van der Waals surface area contributed by atoms with Gasteiger partial charge in [-0.2, -0.15) is 0 Å². The van der Waals surface area contributed by atoms with E-state index in [1.807, 2.05) is 6.07 Å². The van der Waals surface area contributed by atoms with Crippen molar-refractivity contribution in [1.29, 1.82) is 0 Å². The van der Waals surface area contributed by atoms with E-state index in [0.29, 0.717) is 17.9 Å². The Hall–Kier alpha value is -2.06. The van der Waals surface area contributed by atoms with Crippen LogP contribution in [0.5, 0.6) is 0 Å². The Bertz CT molecular complexity index is 944. The molecule has 5 nitrogen and oxygen atoms in total. The molecule has 0 unspecified atom stereocenters. The number of fused-ring (bicyclic) bond motifs is 1. The zero-order chi connectivity index (χ0) is 19.1. The first-order valence-corrected chi connectivity index (χ1v) is 9.94. The first-order chi connectivity index (χ1) is 12.9. The molecule has 0 radical (unpaired) electrons. The molecule has 8 heteroatoms. The van der Waals surface area contributed by atoms with Crippen LogP contribution in [0.15, 0.2) is 22.6 Å². The first kappa shape index (κ1) is 18.3. The predicted octanol–water partition coefficient (Wildman–Crippen LogP) is 5.23. The minimum atomic E-state index is -2.67. The number of thiophene rings is 1. The summed E-state index contributed by atoms with van der Waals surface area (Å²) in [7, 11) is 0. The highest BCUT2D eigenvalue weighted by Crippen LogP contribution is 2.34. The molecule has 1 fully saturated rings. The van der Waals surface area contributed by atoms with Gasteiger partial charge in [0, 0.05) is 23.5 Å². The third-order valence-corrected chi connectivity index (χ3v) is 6.26. The SMILES string of the molecule is C[C@@H]1CCC[C@H](C)N1Cc1cc2c(N)nc(-c3ccc(C(F)F)o3)nc2s1. The van der Waals surface area contributed by atoms with Gasteiger partial charge < -0.3 is 10.2 Å². The molecule has 27 heavy (non-hydrogen) atoms. The number of nitrogens with two attached hydrogens (primary N) is 1. The summed E-state index contributed by atoms with van der Waals surface area (Å²) in [6.07, 6.45) is 1.04. The second-order valence-corrected chi connectivity index (χ2v) is 8.28. The van der Waals surface area contributed by atoms with Gasteiger partial charge in [0.2, 0.25) is 0 Å². The molecular weight excluding hydrogens is 370 g/mol. The third kappa shape index (κ3) is 3.55. The van der Waals surface area contributed by atoms with Crippen LogP contribution >= 0.6 is 11.3 Å². The maximum Gasteiger partial charge on any atom is 0.295 e. The Morgan fingerprint density at radius 3 is 2.67 bits per heavy atom. The van der Waals surface area contributed by atoms with Crippen molar-refractivity contribution in [2.45, 2.75) is 58.2 Å². The molecule has 0 aromatic carbocycles. The van der Waals surface area contributed by atoms with Crippen LogP contribution in [0.25, 0.3) is 21.8 Å². The summed E-state index contributed by atoms with van der Waals surface area (Å²) in [4.78, 5) is 13.2. The summed E-state index contributed by atoms with van der Waals surface area (Å²) in [6.45, 7) is 5.40. The Morgan fingerprint density at radius 1 is 1.26 bits per heavy atom. The van der Waals surface area contributed by atoms with E-state index in [9.17, 15) is 8.78 Å². The van der Waals surface area contributed by atoms with E-state index in [1.54, 1.807) is 11.3 Å². The van der Waals surface area contributed by atoms with Crippen LogP contribution in [-0.4, -0.2) is 27.0 Å². The quantitative estimate of drug-likeness (QED) is 0.658. The van der Waals surface area contributed by atoms with Gasteiger partial charge in [-0.3, -0.25) is 4.90 Å². The van der Waals surface area contributed by atoms with Crippen molar-refractivity contribution in [3.63, 3.8) is 0 Å². The Labute approximate surface area is 160 Å². The van der Waals surface area contributed by atoms with Crippen molar-refractivity contribution in [1.82, 2.24) is 14.9 Å². The Balaban J connectivity index is 1.65. The lowest BCUT2D eigenvalue weighted by molar-refractivity contribution is 0.0965. The maximum atomic E-state index is 12.8. The molecule has 3 aromatic rings. The van der Waals surface area contributed by atoms with Gasteiger partial charge in [-0.1, -0.05) is 6.42 Å². The largest absolute Gasteiger partial charge is 0.452 e. The summed E-state index contributed by atoms with van der Waals surface area (Å²) in [5.41, 5.74) is 6.11. The third-order valence-electron chi connectivity index (χ3n) is 5.25. The highest BCUT2D eigenvalue weighted by molar-refractivity contribution is 7.18. The van der Waals surface area contributed by atoms with Gasteiger partial charge in [-0.15, -0.1) is 11.3 Å². The van der Waals surface area contributed by atoms with Crippen molar-refractivity contribution in [3.8, 4) is 11.6 Å². The molecule has 4 rings (SSSR count). The van der Waals surface area contributed by atoms with E-state index in [-0.39, 0.29) is 11.6 Å². The van der Waals surface area contributed by atoms with Gasteiger partial charge in [0.1, 0.15) is 10.6 Å². The van der Waals surface area contributed by atoms with Crippen molar-refractivity contribution in [3.05, 3.63) is 28.8 Å². The number of nitrogen functional groups attached to an aromatic ring is 1. The molecule has 2 atom stereocenters. The van der Waals surface area contributed by atoms with Gasteiger partial charge in [0.25, 0.3) is 6.43 Å². The lowest BCUT2D eigenvalue weighted by Crippen LogP contribution is -2.42. The first-order valence-electron chi connectivity index (χ1n) is 9.12. The molecule has 3 aromatic heterocycles.